The van der Waals surface area contributed by atoms with Crippen molar-refractivity contribution in [1.29, 1.82) is 0 Å². The third kappa shape index (κ3) is 2.17. The zero-order valence-corrected chi connectivity index (χ0v) is 7.56. The molecule has 0 saturated carbocycles. The Kier molecular flexibility index (Phi) is 2.84. The van der Waals surface area contributed by atoms with Gasteiger partial charge in [0.1, 0.15) is 0 Å². The molecule has 0 spiro atoms. The van der Waals surface area contributed by atoms with Gasteiger partial charge in [-0.05, 0) is 11.6 Å². The number of anilines is 1. The number of ether oxygens (including phenoxy) is 1. The Labute approximate surface area is 75.2 Å². The molecule has 1 rings (SSSR count). The Bertz CT molecular complexity index is 297. The number of hydrogen-bond donors (Lipinski definition) is 1. The van der Waals surface area contributed by atoms with Gasteiger partial charge in [-0.3, -0.25) is 4.52 Å². The number of rotatable bonds is 3. The maximum absolute atomic E-state index is 11.2. The van der Waals surface area contributed by atoms with Gasteiger partial charge in [-0.15, -0.1) is 0 Å². The van der Waals surface area contributed by atoms with Crippen LogP contribution < -0.4 is 10.4 Å². The van der Waals surface area contributed by atoms with Crippen molar-refractivity contribution in [3.8, 4) is 0 Å². The fourth-order valence-electron chi connectivity index (χ4n) is 0.825. The summed E-state index contributed by atoms with van der Waals surface area (Å²) in [5, 5.41) is 3.53. The summed E-state index contributed by atoms with van der Waals surface area (Å²) in [6, 6.07) is -0.513. The average Bonchev–Trinajstić information content (AvgIpc) is 2.51. The number of hydrogen-bond acceptors (Lipinski definition) is 5. The van der Waals surface area contributed by atoms with E-state index in [1.807, 2.05) is 0 Å². The monoisotopic (exact) mass is 186 g/mol. The SMILES string of the molecule is CCOC(=O)C(C)[n+]1cc(N)on1. The van der Waals surface area contributed by atoms with Gasteiger partial charge in [-0.25, -0.2) is 4.79 Å². The van der Waals surface area contributed by atoms with Gasteiger partial charge in [0.15, 0.2) is 0 Å². The van der Waals surface area contributed by atoms with Crippen LogP contribution >= 0.6 is 0 Å². The molecular weight excluding hydrogens is 174 g/mol. The van der Waals surface area contributed by atoms with Gasteiger partial charge in [-0.1, -0.05) is 0 Å². The summed E-state index contributed by atoms with van der Waals surface area (Å²) in [6.45, 7) is 3.74. The molecule has 1 aromatic rings. The quantitative estimate of drug-likeness (QED) is 0.516. The zero-order valence-electron chi connectivity index (χ0n) is 7.56. The zero-order chi connectivity index (χ0) is 9.84. The fraction of sp³-hybridized carbons (Fsp3) is 0.571. The Balaban J connectivity index is 2.67. The normalized spacial score (nSPS) is 12.5. The lowest BCUT2D eigenvalue weighted by Crippen LogP contribution is -2.44. The van der Waals surface area contributed by atoms with E-state index in [9.17, 15) is 4.79 Å². The Hall–Kier alpha value is -1.59. The van der Waals surface area contributed by atoms with E-state index < -0.39 is 6.04 Å². The first-order chi connectivity index (χ1) is 6.15. The second kappa shape index (κ2) is 3.88. The molecular formula is C7H12N3O3+. The van der Waals surface area contributed by atoms with Crippen molar-refractivity contribution in [2.75, 3.05) is 12.3 Å². The maximum atomic E-state index is 11.2. The molecule has 6 nitrogen and oxygen atoms in total. The third-order valence-corrected chi connectivity index (χ3v) is 1.52. The maximum Gasteiger partial charge on any atom is 0.378 e. The van der Waals surface area contributed by atoms with E-state index in [0.29, 0.717) is 6.61 Å². The van der Waals surface area contributed by atoms with Gasteiger partial charge in [0.25, 0.3) is 18.1 Å². The smallest absolute Gasteiger partial charge is 0.378 e. The summed E-state index contributed by atoms with van der Waals surface area (Å²) in [4.78, 5) is 11.2. The first-order valence-electron chi connectivity index (χ1n) is 3.95. The molecule has 1 atom stereocenters. The lowest BCUT2D eigenvalue weighted by molar-refractivity contribution is -0.771. The highest BCUT2D eigenvalue weighted by molar-refractivity contribution is 5.71. The van der Waals surface area contributed by atoms with E-state index in [4.69, 9.17) is 10.5 Å². The van der Waals surface area contributed by atoms with Crippen LogP contribution in [0.4, 0.5) is 5.88 Å². The predicted molar refractivity (Wildman–Crippen MR) is 42.5 cm³/mol. The number of carbonyl (C=O) groups is 1. The van der Waals surface area contributed by atoms with E-state index in [-0.39, 0.29) is 11.9 Å². The van der Waals surface area contributed by atoms with Crippen molar-refractivity contribution >= 4 is 11.9 Å². The van der Waals surface area contributed by atoms with Gasteiger partial charge in [0, 0.05) is 6.92 Å². The summed E-state index contributed by atoms with van der Waals surface area (Å²) in [5.41, 5.74) is 5.29. The van der Waals surface area contributed by atoms with Crippen molar-refractivity contribution < 1.29 is 18.7 Å². The van der Waals surface area contributed by atoms with E-state index in [1.54, 1.807) is 13.8 Å². The van der Waals surface area contributed by atoms with Crippen LogP contribution in [0.15, 0.2) is 10.7 Å². The Morgan fingerprint density at radius 3 is 3.08 bits per heavy atom. The number of carbonyl (C=O) groups excluding carboxylic acids is 1. The summed E-state index contributed by atoms with van der Waals surface area (Å²) in [6.07, 6.45) is 1.43. The van der Waals surface area contributed by atoms with Crippen LogP contribution in [0, 0.1) is 0 Å². The van der Waals surface area contributed by atoms with Gasteiger partial charge in [0.05, 0.1) is 6.61 Å². The highest BCUT2D eigenvalue weighted by Crippen LogP contribution is 1.99. The van der Waals surface area contributed by atoms with E-state index in [2.05, 4.69) is 9.79 Å². The highest BCUT2D eigenvalue weighted by atomic mass is 16.5. The molecule has 6 heteroatoms. The minimum atomic E-state index is -0.513. The molecule has 2 N–H and O–H groups in total. The van der Waals surface area contributed by atoms with E-state index >= 15 is 0 Å². The molecule has 72 valence electrons. The third-order valence-electron chi connectivity index (χ3n) is 1.52. The van der Waals surface area contributed by atoms with Crippen LogP contribution in [0.5, 0.6) is 0 Å². The molecule has 1 heterocycles. The standard InChI is InChI=1S/C7H12N3O3/c1-3-12-7(11)5(2)10-4-6(8)13-9-10/h4-5H,3,8H2,1-2H3/q+1. The van der Waals surface area contributed by atoms with Gasteiger partial charge in [0.2, 0.25) is 5.27 Å². The number of nitrogens with two attached hydrogens (primary N) is 1. The fourth-order valence-corrected chi connectivity index (χ4v) is 0.825. The number of nitrogens with zero attached hydrogens (tertiary/aromatic N) is 2. The molecule has 13 heavy (non-hydrogen) atoms. The van der Waals surface area contributed by atoms with Crippen LogP contribution in [0.1, 0.15) is 19.9 Å². The molecule has 0 aliphatic rings. The van der Waals surface area contributed by atoms with E-state index in [1.165, 1.54) is 10.9 Å². The second-order valence-electron chi connectivity index (χ2n) is 2.51. The topological polar surface area (TPSA) is 82.2 Å². The molecule has 0 aromatic carbocycles. The summed E-state index contributed by atoms with van der Waals surface area (Å²) in [7, 11) is 0. The number of esters is 1. The molecule has 0 bridgehead atoms. The lowest BCUT2D eigenvalue weighted by atomic mass is 10.3. The van der Waals surface area contributed by atoms with Crippen molar-refractivity contribution in [3.05, 3.63) is 6.20 Å². The van der Waals surface area contributed by atoms with Crippen molar-refractivity contribution in [1.82, 2.24) is 5.27 Å². The Morgan fingerprint density at radius 1 is 1.92 bits per heavy atom. The average molecular weight is 186 g/mol. The summed E-state index contributed by atoms with van der Waals surface area (Å²) < 4.78 is 10.7. The number of aromatic nitrogens is 2. The summed E-state index contributed by atoms with van der Waals surface area (Å²) >= 11 is 0. The van der Waals surface area contributed by atoms with Crippen LogP contribution in [-0.2, 0) is 9.53 Å². The lowest BCUT2D eigenvalue weighted by Gasteiger charge is -2.00. The minimum absolute atomic E-state index is 0.163. The first kappa shape index (κ1) is 9.50. The largest absolute Gasteiger partial charge is 0.461 e. The minimum Gasteiger partial charge on any atom is -0.461 e. The highest BCUT2D eigenvalue weighted by Gasteiger charge is 2.27. The first-order valence-corrected chi connectivity index (χ1v) is 3.95. The molecule has 0 saturated heterocycles. The molecule has 0 radical (unpaired) electrons. The predicted octanol–water partition coefficient (Wildman–Crippen LogP) is -0.332. The van der Waals surface area contributed by atoms with Gasteiger partial charge >= 0.3 is 5.97 Å². The Morgan fingerprint density at radius 2 is 2.62 bits per heavy atom. The van der Waals surface area contributed by atoms with E-state index in [0.717, 1.165) is 0 Å². The summed E-state index contributed by atoms with van der Waals surface area (Å²) in [5.74, 6) is -0.197. The molecule has 1 unspecified atom stereocenters. The van der Waals surface area contributed by atoms with Crippen molar-refractivity contribution in [3.63, 3.8) is 0 Å². The van der Waals surface area contributed by atoms with Crippen LogP contribution in [-0.4, -0.2) is 17.8 Å². The van der Waals surface area contributed by atoms with Crippen LogP contribution in [0.2, 0.25) is 0 Å². The molecule has 0 fully saturated rings. The molecule has 1 aromatic heterocycles. The van der Waals surface area contributed by atoms with Crippen molar-refractivity contribution in [2.24, 2.45) is 0 Å². The van der Waals surface area contributed by atoms with Gasteiger partial charge in [-0.2, -0.15) is 0 Å². The molecule has 0 aliphatic carbocycles. The van der Waals surface area contributed by atoms with Crippen LogP contribution in [0.3, 0.4) is 0 Å². The second-order valence-corrected chi connectivity index (χ2v) is 2.51. The molecule has 0 aliphatic heterocycles. The molecule has 0 amide bonds. The van der Waals surface area contributed by atoms with Gasteiger partial charge < -0.3 is 10.5 Å². The van der Waals surface area contributed by atoms with Crippen LogP contribution in [0.25, 0.3) is 0 Å². The van der Waals surface area contributed by atoms with Crippen molar-refractivity contribution in [2.45, 2.75) is 19.9 Å². The number of nitrogen functional groups attached to an aromatic ring is 1.